The molecule has 1 aromatic carbocycles. The summed E-state index contributed by atoms with van der Waals surface area (Å²) in [5, 5.41) is 2.82. The molecule has 1 N–H and O–H groups in total. The summed E-state index contributed by atoms with van der Waals surface area (Å²) < 4.78 is 17.3. The van der Waals surface area contributed by atoms with Gasteiger partial charge in [-0.15, -0.1) is 0 Å². The Bertz CT molecular complexity index is 920. The fourth-order valence-electron chi connectivity index (χ4n) is 4.49. The number of hydrogen-bond donors (Lipinski definition) is 1. The predicted molar refractivity (Wildman–Crippen MR) is 136 cm³/mol. The number of likely N-dealkylation sites (N-methyl/N-ethyl adjacent to an activating group) is 1. The highest BCUT2D eigenvalue weighted by molar-refractivity contribution is 5.98. The zero-order valence-electron chi connectivity index (χ0n) is 22.1. The number of hydrogen-bond acceptors (Lipinski definition) is 7. The molecule has 1 saturated heterocycles. The number of fused-ring (bicyclic) bond motifs is 1. The molecule has 0 radical (unpaired) electrons. The largest absolute Gasteiger partial charge is 0.491 e. The van der Waals surface area contributed by atoms with Gasteiger partial charge in [-0.3, -0.25) is 19.3 Å². The molecule has 2 heterocycles. The number of anilines is 1. The van der Waals surface area contributed by atoms with Gasteiger partial charge in [-0.2, -0.15) is 0 Å². The van der Waals surface area contributed by atoms with E-state index in [4.69, 9.17) is 14.2 Å². The smallest absolute Gasteiger partial charge is 0.257 e. The SMILES string of the molecule is CCC(=O)Nc1ccc2c(c1)OC[C@H](C)N(C(=O)CN1CCOCC1)C[C@@H](C)[C@H](OC)CN(C)C2=O. The van der Waals surface area contributed by atoms with Gasteiger partial charge in [0.2, 0.25) is 11.8 Å². The maximum atomic E-state index is 13.4. The van der Waals surface area contributed by atoms with E-state index in [1.165, 1.54) is 0 Å². The van der Waals surface area contributed by atoms with Gasteiger partial charge < -0.3 is 29.3 Å². The highest BCUT2D eigenvalue weighted by Gasteiger charge is 2.31. The minimum atomic E-state index is -0.253. The van der Waals surface area contributed by atoms with Crippen LogP contribution in [0.4, 0.5) is 5.69 Å². The number of methoxy groups -OCH3 is 1. The van der Waals surface area contributed by atoms with Crippen LogP contribution in [0.1, 0.15) is 37.6 Å². The first kappa shape index (κ1) is 27.9. The molecule has 2 aliphatic heterocycles. The van der Waals surface area contributed by atoms with Crippen LogP contribution in [0, 0.1) is 5.92 Å². The Labute approximate surface area is 213 Å². The average Bonchev–Trinajstić information content (AvgIpc) is 2.88. The van der Waals surface area contributed by atoms with Gasteiger partial charge >= 0.3 is 0 Å². The van der Waals surface area contributed by atoms with Crippen molar-refractivity contribution in [2.24, 2.45) is 5.92 Å². The molecule has 200 valence electrons. The standard InChI is InChI=1S/C26H40N4O6/c1-6-24(31)27-20-7-8-21-22(13-20)36-17-19(3)30(25(32)16-29-9-11-35-12-10-29)14-18(2)23(34-5)15-28(4)26(21)33/h7-8,13,18-19,23H,6,9-12,14-17H2,1-5H3,(H,27,31)/t18-,19+,23-/m1/s1. The van der Waals surface area contributed by atoms with Crippen molar-refractivity contribution >= 4 is 23.4 Å². The lowest BCUT2D eigenvalue weighted by atomic mass is 10.0. The van der Waals surface area contributed by atoms with Gasteiger partial charge in [-0.05, 0) is 19.1 Å². The number of rotatable bonds is 5. The van der Waals surface area contributed by atoms with E-state index in [0.29, 0.717) is 56.3 Å². The van der Waals surface area contributed by atoms with Crippen molar-refractivity contribution in [3.05, 3.63) is 23.8 Å². The molecule has 3 amide bonds. The number of amides is 3. The number of ether oxygens (including phenoxy) is 3. The molecule has 2 aliphatic rings. The minimum absolute atomic E-state index is 0.00753. The summed E-state index contributed by atoms with van der Waals surface area (Å²) in [5.74, 6) is 0.0702. The first-order chi connectivity index (χ1) is 17.2. The van der Waals surface area contributed by atoms with Crippen LogP contribution in [0.25, 0.3) is 0 Å². The van der Waals surface area contributed by atoms with E-state index < -0.39 is 0 Å². The monoisotopic (exact) mass is 504 g/mol. The van der Waals surface area contributed by atoms with E-state index in [0.717, 1.165) is 13.1 Å². The number of carbonyl (C=O) groups excluding carboxylic acids is 3. The molecule has 0 bridgehead atoms. The van der Waals surface area contributed by atoms with Crippen LogP contribution in [0.5, 0.6) is 5.75 Å². The number of nitrogens with one attached hydrogen (secondary N) is 1. The van der Waals surface area contributed by atoms with Crippen LogP contribution >= 0.6 is 0 Å². The lowest BCUT2D eigenvalue weighted by Crippen LogP contribution is -2.52. The lowest BCUT2D eigenvalue weighted by molar-refractivity contribution is -0.137. The van der Waals surface area contributed by atoms with Crippen molar-refractivity contribution < 1.29 is 28.6 Å². The molecule has 0 unspecified atom stereocenters. The second-order valence-corrected chi connectivity index (χ2v) is 9.64. The van der Waals surface area contributed by atoms with E-state index in [1.807, 2.05) is 18.7 Å². The van der Waals surface area contributed by atoms with Crippen LogP contribution in [0.3, 0.4) is 0 Å². The Balaban J connectivity index is 1.89. The van der Waals surface area contributed by atoms with Crippen LogP contribution in [0.2, 0.25) is 0 Å². The van der Waals surface area contributed by atoms with Crippen molar-refractivity contribution in [2.75, 3.05) is 72.0 Å². The third kappa shape index (κ3) is 7.18. The summed E-state index contributed by atoms with van der Waals surface area (Å²) in [5.41, 5.74) is 0.952. The van der Waals surface area contributed by atoms with Gasteiger partial charge in [0.15, 0.2) is 0 Å². The lowest BCUT2D eigenvalue weighted by Gasteiger charge is -2.37. The summed E-state index contributed by atoms with van der Waals surface area (Å²) in [6.45, 7) is 9.85. The van der Waals surface area contributed by atoms with Gasteiger partial charge in [-0.25, -0.2) is 0 Å². The number of benzene rings is 1. The molecule has 3 rings (SSSR count). The summed E-state index contributed by atoms with van der Waals surface area (Å²) in [6, 6.07) is 4.80. The fraction of sp³-hybridized carbons (Fsp3) is 0.654. The van der Waals surface area contributed by atoms with E-state index >= 15 is 0 Å². The van der Waals surface area contributed by atoms with Gasteiger partial charge in [-0.1, -0.05) is 13.8 Å². The molecule has 0 aliphatic carbocycles. The van der Waals surface area contributed by atoms with Gasteiger partial charge in [0.05, 0.1) is 37.5 Å². The zero-order chi connectivity index (χ0) is 26.2. The number of morpholine rings is 1. The van der Waals surface area contributed by atoms with Crippen LogP contribution in [0.15, 0.2) is 18.2 Å². The van der Waals surface area contributed by atoms with E-state index in [2.05, 4.69) is 10.2 Å². The van der Waals surface area contributed by atoms with Crippen LogP contribution in [-0.2, 0) is 19.1 Å². The third-order valence-electron chi connectivity index (χ3n) is 6.83. The summed E-state index contributed by atoms with van der Waals surface area (Å²) >= 11 is 0. The molecule has 0 saturated carbocycles. The second kappa shape index (κ2) is 13.0. The molecule has 1 fully saturated rings. The Kier molecular flexibility index (Phi) is 10.1. The summed E-state index contributed by atoms with van der Waals surface area (Å²) in [4.78, 5) is 44.2. The third-order valence-corrected chi connectivity index (χ3v) is 6.83. The Morgan fingerprint density at radius 2 is 1.89 bits per heavy atom. The summed E-state index contributed by atoms with van der Waals surface area (Å²) in [6.07, 6.45) is 0.0877. The van der Waals surface area contributed by atoms with E-state index in [1.54, 1.807) is 44.2 Å². The number of nitrogens with zero attached hydrogens (tertiary/aromatic N) is 3. The molecule has 0 spiro atoms. The topological polar surface area (TPSA) is 101 Å². The van der Waals surface area contributed by atoms with Gasteiger partial charge in [0.1, 0.15) is 12.4 Å². The normalized spacial score (nSPS) is 24.2. The molecule has 1 aromatic rings. The summed E-state index contributed by atoms with van der Waals surface area (Å²) in [7, 11) is 3.36. The molecule has 10 heteroatoms. The average molecular weight is 505 g/mol. The first-order valence-electron chi connectivity index (χ1n) is 12.7. The fourth-order valence-corrected chi connectivity index (χ4v) is 4.49. The Morgan fingerprint density at radius 3 is 2.56 bits per heavy atom. The van der Waals surface area contributed by atoms with Gasteiger partial charge in [0, 0.05) is 64.4 Å². The predicted octanol–water partition coefficient (Wildman–Crippen LogP) is 1.70. The quantitative estimate of drug-likeness (QED) is 0.651. The highest BCUT2D eigenvalue weighted by Crippen LogP contribution is 2.27. The maximum Gasteiger partial charge on any atom is 0.257 e. The van der Waals surface area contributed by atoms with Crippen LogP contribution in [-0.4, -0.2) is 111 Å². The molecular weight excluding hydrogens is 464 g/mol. The first-order valence-corrected chi connectivity index (χ1v) is 12.7. The van der Waals surface area contributed by atoms with Crippen molar-refractivity contribution in [2.45, 2.75) is 39.3 Å². The van der Waals surface area contributed by atoms with E-state index in [-0.39, 0.29) is 42.4 Å². The minimum Gasteiger partial charge on any atom is -0.491 e. The Hall–Kier alpha value is -2.69. The van der Waals surface area contributed by atoms with Crippen LogP contribution < -0.4 is 10.1 Å². The number of carbonyl (C=O) groups is 3. The second-order valence-electron chi connectivity index (χ2n) is 9.64. The molecule has 3 atom stereocenters. The zero-order valence-corrected chi connectivity index (χ0v) is 22.1. The van der Waals surface area contributed by atoms with Crippen molar-refractivity contribution in [1.82, 2.24) is 14.7 Å². The van der Waals surface area contributed by atoms with Crippen molar-refractivity contribution in [3.8, 4) is 5.75 Å². The molecule has 36 heavy (non-hydrogen) atoms. The highest BCUT2D eigenvalue weighted by atomic mass is 16.5. The van der Waals surface area contributed by atoms with Gasteiger partial charge in [0.25, 0.3) is 5.91 Å². The Morgan fingerprint density at radius 1 is 1.17 bits per heavy atom. The van der Waals surface area contributed by atoms with Crippen molar-refractivity contribution in [1.29, 1.82) is 0 Å². The van der Waals surface area contributed by atoms with E-state index in [9.17, 15) is 14.4 Å². The maximum absolute atomic E-state index is 13.4. The molecule has 0 aromatic heterocycles. The van der Waals surface area contributed by atoms with Crippen molar-refractivity contribution in [3.63, 3.8) is 0 Å². The molecular formula is C26H40N4O6. The molecule has 10 nitrogen and oxygen atoms in total.